The van der Waals surface area contributed by atoms with E-state index in [1.165, 1.54) is 21.5 Å². The van der Waals surface area contributed by atoms with Gasteiger partial charge in [-0.15, -0.1) is 0 Å². The Balaban J connectivity index is 1.69. The quantitative estimate of drug-likeness (QED) is 0.238. The SMILES string of the molecule is c1ccc(-n2c3ccccc3c3c4ccc5oc6ccccc6c5c4c4c5ccccc5oc4c32)cc1. The number of hydrogen-bond donors (Lipinski definition) is 0. The Morgan fingerprint density at radius 1 is 0.405 bits per heavy atom. The molecule has 9 aromatic rings. The molecule has 0 N–H and O–H groups in total. The largest absolute Gasteiger partial charge is 0.456 e. The molecule has 3 heteroatoms. The predicted octanol–water partition coefficient (Wildman–Crippen LogP) is 9.74. The molecule has 0 aliphatic rings. The van der Waals surface area contributed by atoms with E-state index in [9.17, 15) is 0 Å². The number of furan rings is 2. The molecule has 0 aliphatic carbocycles. The van der Waals surface area contributed by atoms with Crippen molar-refractivity contribution in [3.63, 3.8) is 0 Å². The monoisotopic (exact) mass is 473 g/mol. The van der Waals surface area contributed by atoms with Gasteiger partial charge in [-0.3, -0.25) is 0 Å². The van der Waals surface area contributed by atoms with Crippen molar-refractivity contribution in [2.45, 2.75) is 0 Å². The van der Waals surface area contributed by atoms with Gasteiger partial charge >= 0.3 is 0 Å². The maximum atomic E-state index is 6.75. The molecule has 0 saturated carbocycles. The lowest BCUT2D eigenvalue weighted by atomic mass is 9.95. The normalized spacial score (nSPS) is 12.3. The molecule has 0 bridgehead atoms. The standard InChI is InChI=1S/C34H19NO2/c1-2-10-20(11-3-1)35-25-15-7-4-12-21(25)29-24-18-19-28-30(22-13-5-8-16-26(22)36-28)31(24)32-23-14-6-9-17-27(23)37-34(32)33(29)35/h1-19H. The summed E-state index contributed by atoms with van der Waals surface area (Å²) in [6.45, 7) is 0. The summed E-state index contributed by atoms with van der Waals surface area (Å²) in [7, 11) is 0. The van der Waals surface area contributed by atoms with Crippen molar-refractivity contribution in [3.05, 3.63) is 115 Å². The van der Waals surface area contributed by atoms with Gasteiger partial charge in [-0.2, -0.15) is 0 Å². The van der Waals surface area contributed by atoms with Crippen LogP contribution in [0.1, 0.15) is 0 Å². The summed E-state index contributed by atoms with van der Waals surface area (Å²) < 4.78 is 15.4. The molecule has 172 valence electrons. The van der Waals surface area contributed by atoms with Crippen LogP contribution in [-0.2, 0) is 0 Å². The van der Waals surface area contributed by atoms with Crippen molar-refractivity contribution in [2.75, 3.05) is 0 Å². The predicted molar refractivity (Wildman–Crippen MR) is 153 cm³/mol. The number of rotatable bonds is 1. The van der Waals surface area contributed by atoms with Crippen molar-refractivity contribution in [2.24, 2.45) is 0 Å². The third-order valence-corrected chi connectivity index (χ3v) is 7.76. The molecule has 9 rings (SSSR count). The van der Waals surface area contributed by atoms with E-state index >= 15 is 0 Å². The number of hydrogen-bond acceptors (Lipinski definition) is 2. The minimum Gasteiger partial charge on any atom is -0.456 e. The fraction of sp³-hybridized carbons (Fsp3) is 0. The molecule has 0 spiro atoms. The summed E-state index contributed by atoms with van der Waals surface area (Å²) in [6, 6.07) is 40.3. The average molecular weight is 474 g/mol. The van der Waals surface area contributed by atoms with E-state index < -0.39 is 0 Å². The van der Waals surface area contributed by atoms with Crippen LogP contribution in [0, 0.1) is 0 Å². The van der Waals surface area contributed by atoms with E-state index in [2.05, 4.69) is 102 Å². The maximum absolute atomic E-state index is 6.75. The summed E-state index contributed by atoms with van der Waals surface area (Å²) in [5, 5.41) is 9.32. The maximum Gasteiger partial charge on any atom is 0.160 e. The van der Waals surface area contributed by atoms with Gasteiger partial charge in [-0.05, 0) is 47.9 Å². The van der Waals surface area contributed by atoms with E-state index in [0.717, 1.165) is 60.6 Å². The summed E-state index contributed by atoms with van der Waals surface area (Å²) in [5.74, 6) is 0. The molecule has 0 saturated heterocycles. The van der Waals surface area contributed by atoms with Gasteiger partial charge in [-0.25, -0.2) is 0 Å². The fourth-order valence-electron chi connectivity index (χ4n) is 6.32. The molecule has 0 radical (unpaired) electrons. The van der Waals surface area contributed by atoms with E-state index in [4.69, 9.17) is 8.83 Å². The lowest BCUT2D eigenvalue weighted by Gasteiger charge is -2.10. The Hall–Kier alpha value is -5.02. The molecule has 37 heavy (non-hydrogen) atoms. The Bertz CT molecular complexity index is 2350. The van der Waals surface area contributed by atoms with Crippen LogP contribution >= 0.6 is 0 Å². The lowest BCUT2D eigenvalue weighted by Crippen LogP contribution is -1.93. The first-order valence-electron chi connectivity index (χ1n) is 12.5. The van der Waals surface area contributed by atoms with Crippen LogP contribution < -0.4 is 0 Å². The Morgan fingerprint density at radius 2 is 1.05 bits per heavy atom. The highest BCUT2D eigenvalue weighted by molar-refractivity contribution is 6.40. The van der Waals surface area contributed by atoms with Crippen molar-refractivity contribution in [1.29, 1.82) is 0 Å². The molecule has 3 nitrogen and oxygen atoms in total. The molecule has 3 aromatic heterocycles. The van der Waals surface area contributed by atoms with Crippen LogP contribution in [0.4, 0.5) is 0 Å². The van der Waals surface area contributed by atoms with Gasteiger partial charge < -0.3 is 13.4 Å². The zero-order chi connectivity index (χ0) is 24.1. The minimum atomic E-state index is 0.890. The van der Waals surface area contributed by atoms with E-state index in [1.54, 1.807) is 0 Å². The molecule has 0 aliphatic heterocycles. The first-order chi connectivity index (χ1) is 18.4. The van der Waals surface area contributed by atoms with Crippen molar-refractivity contribution >= 4 is 76.5 Å². The van der Waals surface area contributed by atoms with Gasteiger partial charge in [0.05, 0.1) is 11.0 Å². The molecule has 0 amide bonds. The number of para-hydroxylation sites is 4. The Kier molecular flexibility index (Phi) is 3.53. The van der Waals surface area contributed by atoms with E-state index in [1.807, 2.05) is 18.2 Å². The zero-order valence-electron chi connectivity index (χ0n) is 19.7. The van der Waals surface area contributed by atoms with Crippen LogP contribution in [0.2, 0.25) is 0 Å². The van der Waals surface area contributed by atoms with E-state index in [-0.39, 0.29) is 0 Å². The van der Waals surface area contributed by atoms with Crippen LogP contribution in [0.15, 0.2) is 124 Å². The van der Waals surface area contributed by atoms with Crippen LogP contribution in [0.5, 0.6) is 0 Å². The smallest absolute Gasteiger partial charge is 0.160 e. The third-order valence-electron chi connectivity index (χ3n) is 7.76. The second-order valence-corrected chi connectivity index (χ2v) is 9.67. The molecule has 0 atom stereocenters. The Labute approximate surface area is 210 Å². The van der Waals surface area contributed by atoms with Gasteiger partial charge in [0.25, 0.3) is 0 Å². The highest BCUT2D eigenvalue weighted by Gasteiger charge is 2.25. The number of fused-ring (bicyclic) bond motifs is 14. The molecule has 0 fully saturated rings. The highest BCUT2D eigenvalue weighted by atomic mass is 16.3. The molecular weight excluding hydrogens is 454 g/mol. The number of aromatic nitrogens is 1. The first kappa shape index (κ1) is 19.2. The van der Waals surface area contributed by atoms with Gasteiger partial charge in [-0.1, -0.05) is 72.8 Å². The number of benzene rings is 6. The van der Waals surface area contributed by atoms with Crippen molar-refractivity contribution < 1.29 is 8.83 Å². The highest BCUT2D eigenvalue weighted by Crippen LogP contribution is 2.48. The van der Waals surface area contributed by atoms with Crippen molar-refractivity contribution in [3.8, 4) is 5.69 Å². The lowest BCUT2D eigenvalue weighted by molar-refractivity contribution is 0.669. The van der Waals surface area contributed by atoms with Crippen LogP contribution in [0.25, 0.3) is 82.1 Å². The van der Waals surface area contributed by atoms with E-state index in [0.29, 0.717) is 0 Å². The zero-order valence-corrected chi connectivity index (χ0v) is 19.7. The minimum absolute atomic E-state index is 0.890. The second-order valence-electron chi connectivity index (χ2n) is 9.67. The Morgan fingerprint density at radius 3 is 1.86 bits per heavy atom. The molecule has 3 heterocycles. The first-order valence-corrected chi connectivity index (χ1v) is 12.5. The van der Waals surface area contributed by atoms with Crippen LogP contribution in [0.3, 0.4) is 0 Å². The molecule has 6 aromatic carbocycles. The summed E-state index contributed by atoms with van der Waals surface area (Å²) >= 11 is 0. The van der Waals surface area contributed by atoms with Crippen LogP contribution in [-0.4, -0.2) is 4.57 Å². The molecular formula is C34H19NO2. The van der Waals surface area contributed by atoms with Gasteiger partial charge in [0.2, 0.25) is 0 Å². The van der Waals surface area contributed by atoms with Gasteiger partial charge in [0, 0.05) is 43.4 Å². The third kappa shape index (κ3) is 2.36. The average Bonchev–Trinajstić information content (AvgIpc) is 3.63. The van der Waals surface area contributed by atoms with Crippen molar-refractivity contribution in [1.82, 2.24) is 4.57 Å². The summed E-state index contributed by atoms with van der Waals surface area (Å²) in [5.41, 5.74) is 6.96. The second kappa shape index (κ2) is 6.80. The summed E-state index contributed by atoms with van der Waals surface area (Å²) in [6.07, 6.45) is 0. The fourth-order valence-corrected chi connectivity index (χ4v) is 6.32. The van der Waals surface area contributed by atoms with Gasteiger partial charge in [0.15, 0.2) is 5.58 Å². The topological polar surface area (TPSA) is 31.2 Å². The molecule has 0 unspecified atom stereocenters. The summed E-state index contributed by atoms with van der Waals surface area (Å²) in [4.78, 5) is 0. The number of nitrogens with zero attached hydrogens (tertiary/aromatic N) is 1. The van der Waals surface area contributed by atoms with Gasteiger partial charge in [0.1, 0.15) is 16.7 Å².